The fraction of sp³-hybridized carbons (Fsp3) is 0.583. The van der Waals surface area contributed by atoms with E-state index in [9.17, 15) is 4.91 Å². The molecule has 0 amide bonds. The quantitative estimate of drug-likeness (QED) is 0.296. The van der Waals surface area contributed by atoms with Gasteiger partial charge in [-0.15, -0.1) is 4.91 Å². The van der Waals surface area contributed by atoms with E-state index in [1.54, 1.807) is 6.08 Å². The molecule has 1 aliphatic rings. The lowest BCUT2D eigenvalue weighted by Crippen LogP contribution is -1.89. The van der Waals surface area contributed by atoms with E-state index in [1.165, 1.54) is 31.9 Å². The van der Waals surface area contributed by atoms with Gasteiger partial charge in [-0.25, -0.2) is 0 Å². The van der Waals surface area contributed by atoms with E-state index in [1.807, 2.05) is 17.7 Å². The third kappa shape index (κ3) is 5.44. The Balaban J connectivity index is 2.03. The van der Waals surface area contributed by atoms with E-state index in [2.05, 4.69) is 23.4 Å². The minimum absolute atomic E-state index is 0.916. The fourth-order valence-corrected chi connectivity index (χ4v) is 1.87. The van der Waals surface area contributed by atoms with Crippen molar-refractivity contribution in [2.75, 3.05) is 0 Å². The first-order valence-electron chi connectivity index (χ1n) is 5.80. The summed E-state index contributed by atoms with van der Waals surface area (Å²) in [6.07, 6.45) is 14.6. The van der Waals surface area contributed by atoms with Gasteiger partial charge in [0.25, 0.3) is 0 Å². The molecule has 2 atom stereocenters. The van der Waals surface area contributed by atoms with Crippen molar-refractivity contribution in [1.29, 1.82) is 0 Å². The zero-order valence-electron chi connectivity index (χ0n) is 9.67. The summed E-state index contributed by atoms with van der Waals surface area (Å²) in [6, 6.07) is 0. The molecule has 0 heterocycles. The summed E-state index contributed by atoms with van der Waals surface area (Å²) < 4.78 is 0. The molecule has 16 heavy (non-hydrogen) atoms. The molecule has 0 aromatic carbocycles. The van der Waals surface area contributed by atoms with Crippen LogP contribution in [0.2, 0.25) is 0 Å². The molecule has 0 aliphatic heterocycles. The molecule has 0 saturated heterocycles. The van der Waals surface area contributed by atoms with Gasteiger partial charge < -0.3 is 0 Å². The van der Waals surface area contributed by atoms with Gasteiger partial charge in [0.05, 0.1) is 5.29 Å². The van der Waals surface area contributed by atoms with Crippen LogP contribution in [0, 0.1) is 16.7 Å². The molecule has 0 spiro atoms. The van der Waals surface area contributed by atoms with Gasteiger partial charge in [-0.1, -0.05) is 38.0 Å². The van der Waals surface area contributed by atoms with Crippen LogP contribution in [0.25, 0.3) is 0 Å². The summed E-state index contributed by atoms with van der Waals surface area (Å²) in [5.74, 6) is 1.89. The van der Waals surface area contributed by atoms with Gasteiger partial charge in [-0.3, -0.25) is 0 Å². The summed E-state index contributed by atoms with van der Waals surface area (Å²) in [5.41, 5.74) is 1.95. The fourth-order valence-electron chi connectivity index (χ4n) is 1.87. The molecular weight excluding hydrogens is 202 g/mol. The van der Waals surface area contributed by atoms with E-state index in [0.717, 1.165) is 11.8 Å². The maximum absolute atomic E-state index is 9.59. The molecule has 1 fully saturated rings. The normalized spacial score (nSPS) is 24.6. The van der Waals surface area contributed by atoms with Crippen molar-refractivity contribution in [1.82, 2.24) is 5.53 Å². The highest BCUT2D eigenvalue weighted by atomic mass is 16.3. The van der Waals surface area contributed by atoms with Gasteiger partial charge >= 0.3 is 0 Å². The molecule has 1 N–H and O–H groups in total. The van der Waals surface area contributed by atoms with E-state index >= 15 is 0 Å². The van der Waals surface area contributed by atoms with Gasteiger partial charge in [0, 0.05) is 6.21 Å². The molecule has 0 radical (unpaired) electrons. The summed E-state index contributed by atoms with van der Waals surface area (Å²) >= 11 is 0. The molecule has 4 nitrogen and oxygen atoms in total. The van der Waals surface area contributed by atoms with Crippen LogP contribution in [-0.2, 0) is 0 Å². The minimum Gasteiger partial charge on any atom is -0.164 e. The number of hydrogen-bond acceptors (Lipinski definition) is 3. The molecule has 1 saturated carbocycles. The Morgan fingerprint density at radius 2 is 2.19 bits per heavy atom. The average Bonchev–Trinajstić information content (AvgIpc) is 3.01. The van der Waals surface area contributed by atoms with E-state index in [4.69, 9.17) is 0 Å². The second-order valence-electron chi connectivity index (χ2n) is 4.06. The van der Waals surface area contributed by atoms with Crippen molar-refractivity contribution in [3.05, 3.63) is 29.2 Å². The van der Waals surface area contributed by atoms with Crippen LogP contribution < -0.4 is 5.53 Å². The summed E-state index contributed by atoms with van der Waals surface area (Å²) in [5, 5.41) is 5.87. The molecule has 88 valence electrons. The molecule has 0 aromatic rings. The minimum atomic E-state index is 0.916. The Labute approximate surface area is 96.4 Å². The Bertz CT molecular complexity index is 284. The van der Waals surface area contributed by atoms with Crippen molar-refractivity contribution in [2.24, 2.45) is 22.2 Å². The predicted octanol–water partition coefficient (Wildman–Crippen LogP) is 3.18. The second kappa shape index (κ2) is 7.79. The standard InChI is InChI=1S/C12H19N3O/c1-2-7-11-10-12(11)8-5-3-4-6-9-13-14-15-16/h3-6,9,11-12H,2,7-8,10H2,1H3,(H,14,16)/b5-3+,6-4+,13-9+. The van der Waals surface area contributed by atoms with Crippen LogP contribution in [0.3, 0.4) is 0 Å². The van der Waals surface area contributed by atoms with Crippen LogP contribution in [0.5, 0.6) is 0 Å². The Morgan fingerprint density at radius 3 is 2.94 bits per heavy atom. The second-order valence-corrected chi connectivity index (χ2v) is 4.06. The van der Waals surface area contributed by atoms with Crippen LogP contribution in [0.15, 0.2) is 34.7 Å². The van der Waals surface area contributed by atoms with E-state index in [0.29, 0.717) is 0 Å². The summed E-state index contributed by atoms with van der Waals surface area (Å²) in [6.45, 7) is 2.25. The molecular formula is C12H19N3O. The predicted molar refractivity (Wildman–Crippen MR) is 66.8 cm³/mol. The van der Waals surface area contributed by atoms with Crippen LogP contribution >= 0.6 is 0 Å². The van der Waals surface area contributed by atoms with E-state index in [-0.39, 0.29) is 0 Å². The van der Waals surface area contributed by atoms with Crippen LogP contribution in [0.4, 0.5) is 0 Å². The molecule has 1 rings (SSSR count). The number of rotatable bonds is 8. The molecule has 2 unspecified atom stereocenters. The van der Waals surface area contributed by atoms with Crippen molar-refractivity contribution < 1.29 is 0 Å². The zero-order chi connectivity index (χ0) is 11.6. The number of hydrazone groups is 1. The maximum Gasteiger partial charge on any atom is 0.0722 e. The first-order valence-corrected chi connectivity index (χ1v) is 5.80. The number of nitroso groups, excluding NO2 is 1. The van der Waals surface area contributed by atoms with E-state index < -0.39 is 0 Å². The van der Waals surface area contributed by atoms with Crippen molar-refractivity contribution in [2.45, 2.75) is 32.6 Å². The molecule has 4 heteroatoms. The zero-order valence-corrected chi connectivity index (χ0v) is 9.67. The number of hydrogen-bond donors (Lipinski definition) is 1. The largest absolute Gasteiger partial charge is 0.164 e. The Morgan fingerprint density at radius 1 is 1.31 bits per heavy atom. The van der Waals surface area contributed by atoms with Crippen LogP contribution in [0.1, 0.15) is 32.6 Å². The lowest BCUT2D eigenvalue weighted by atomic mass is 10.1. The van der Waals surface area contributed by atoms with Gasteiger partial charge in [0.15, 0.2) is 0 Å². The SMILES string of the molecule is CCCC1CC1C/C=C/C=C/C=N/NN=O. The molecule has 1 aliphatic carbocycles. The highest BCUT2D eigenvalue weighted by Crippen LogP contribution is 2.44. The highest BCUT2D eigenvalue weighted by Gasteiger charge is 2.34. The third-order valence-corrected chi connectivity index (χ3v) is 2.78. The van der Waals surface area contributed by atoms with Crippen molar-refractivity contribution >= 4 is 6.21 Å². The smallest absolute Gasteiger partial charge is 0.0722 e. The number of nitrogens with one attached hydrogen (secondary N) is 1. The summed E-state index contributed by atoms with van der Waals surface area (Å²) in [7, 11) is 0. The average molecular weight is 221 g/mol. The highest BCUT2D eigenvalue weighted by molar-refractivity contribution is 5.71. The van der Waals surface area contributed by atoms with Gasteiger partial charge in [0.2, 0.25) is 0 Å². The first-order chi connectivity index (χ1) is 7.88. The maximum atomic E-state index is 9.59. The van der Waals surface area contributed by atoms with Gasteiger partial charge in [0.1, 0.15) is 0 Å². The summed E-state index contributed by atoms with van der Waals surface area (Å²) in [4.78, 5) is 9.59. The van der Waals surface area contributed by atoms with Gasteiger partial charge in [-0.2, -0.15) is 10.6 Å². The molecule has 0 bridgehead atoms. The topological polar surface area (TPSA) is 53.8 Å². The monoisotopic (exact) mass is 221 g/mol. The molecule has 0 aromatic heterocycles. The van der Waals surface area contributed by atoms with Crippen molar-refractivity contribution in [3.8, 4) is 0 Å². The first kappa shape index (κ1) is 12.6. The Hall–Kier alpha value is -1.45. The number of allylic oxidation sites excluding steroid dienone is 4. The number of nitrogens with zero attached hydrogens (tertiary/aromatic N) is 2. The third-order valence-electron chi connectivity index (χ3n) is 2.78. The lowest BCUT2D eigenvalue weighted by molar-refractivity contribution is 0.637. The lowest BCUT2D eigenvalue weighted by Gasteiger charge is -1.92. The van der Waals surface area contributed by atoms with Crippen molar-refractivity contribution in [3.63, 3.8) is 0 Å². The van der Waals surface area contributed by atoms with Gasteiger partial charge in [-0.05, 0) is 30.8 Å². The Kier molecular flexibility index (Phi) is 6.15. The van der Waals surface area contributed by atoms with Crippen LogP contribution in [-0.4, -0.2) is 6.21 Å².